The lowest BCUT2D eigenvalue weighted by Gasteiger charge is -2.48. The van der Waals surface area contributed by atoms with Gasteiger partial charge in [0, 0.05) is 24.7 Å². The number of amides is 2. The van der Waals surface area contributed by atoms with Crippen molar-refractivity contribution in [2.24, 2.45) is 10.4 Å². The average molecular weight is 482 g/mol. The van der Waals surface area contributed by atoms with Gasteiger partial charge in [0.05, 0.1) is 5.41 Å². The number of halogens is 1. The van der Waals surface area contributed by atoms with Crippen molar-refractivity contribution in [3.05, 3.63) is 34.3 Å². The van der Waals surface area contributed by atoms with Crippen LogP contribution in [0, 0.1) is 5.41 Å². The second kappa shape index (κ2) is 9.06. The van der Waals surface area contributed by atoms with Crippen LogP contribution in [0.3, 0.4) is 0 Å². The Labute approximate surface area is 187 Å². The zero-order valence-corrected chi connectivity index (χ0v) is 20.4. The third-order valence-electron chi connectivity index (χ3n) is 5.45. The second-order valence-corrected chi connectivity index (χ2v) is 9.70. The Bertz CT molecular complexity index is 836. The van der Waals surface area contributed by atoms with Gasteiger partial charge in [0.1, 0.15) is 11.1 Å². The van der Waals surface area contributed by atoms with Gasteiger partial charge in [-0.2, -0.15) is 0 Å². The van der Waals surface area contributed by atoms with E-state index in [0.717, 1.165) is 10.0 Å². The molecule has 0 radical (unpaired) electrons. The first-order valence-corrected chi connectivity index (χ1v) is 10.8. The lowest BCUT2D eigenvalue weighted by atomic mass is 9.65. The summed E-state index contributed by atoms with van der Waals surface area (Å²) in [5.41, 5.74) is -1.61. The Balaban J connectivity index is 2.54. The van der Waals surface area contributed by atoms with Gasteiger partial charge in [-0.05, 0) is 65.7 Å². The molecule has 2 atom stereocenters. The van der Waals surface area contributed by atoms with E-state index in [1.165, 1.54) is 4.90 Å². The Morgan fingerprint density at radius 3 is 2.53 bits per heavy atom. The number of rotatable bonds is 5. The van der Waals surface area contributed by atoms with Gasteiger partial charge in [-0.15, -0.1) is 0 Å². The quantitative estimate of drug-likeness (QED) is 0.629. The highest BCUT2D eigenvalue weighted by Crippen LogP contribution is 2.49. The molecule has 30 heavy (non-hydrogen) atoms. The number of alkyl carbamates (subject to hydrolysis) is 1. The highest BCUT2D eigenvalue weighted by atomic mass is 79.9. The molecule has 1 heterocycles. The summed E-state index contributed by atoms with van der Waals surface area (Å²) in [5, 5.41) is 2.65. The zero-order valence-electron chi connectivity index (χ0n) is 18.8. The van der Waals surface area contributed by atoms with Gasteiger partial charge in [-0.3, -0.25) is 15.0 Å². The number of hydrogen-bond donors (Lipinski definition) is 1. The minimum absolute atomic E-state index is 0.147. The zero-order chi connectivity index (χ0) is 22.7. The van der Waals surface area contributed by atoms with Crippen LogP contribution in [0.2, 0.25) is 0 Å². The van der Waals surface area contributed by atoms with E-state index < -0.39 is 22.6 Å². The molecule has 1 aromatic rings. The lowest BCUT2D eigenvalue weighted by Crippen LogP contribution is -2.61. The summed E-state index contributed by atoms with van der Waals surface area (Å²) in [7, 11) is 1.61. The van der Waals surface area contributed by atoms with Gasteiger partial charge in [0.15, 0.2) is 0 Å². The third kappa shape index (κ3) is 5.03. The minimum Gasteiger partial charge on any atom is -0.444 e. The van der Waals surface area contributed by atoms with Crippen LogP contribution < -0.4 is 5.32 Å². The van der Waals surface area contributed by atoms with Crippen LogP contribution in [0.1, 0.15) is 53.5 Å². The molecule has 0 bridgehead atoms. The fraction of sp³-hybridized carbons (Fsp3) is 0.591. The lowest BCUT2D eigenvalue weighted by molar-refractivity contribution is -0.143. The summed E-state index contributed by atoms with van der Waals surface area (Å²) < 4.78 is 11.8. The largest absolute Gasteiger partial charge is 0.444 e. The molecule has 166 valence electrons. The summed E-state index contributed by atoms with van der Waals surface area (Å²) in [5.74, 6) is 0.0105. The first kappa shape index (κ1) is 24.3. The second-order valence-electron chi connectivity index (χ2n) is 8.79. The number of benzene rings is 1. The van der Waals surface area contributed by atoms with E-state index in [1.54, 1.807) is 27.8 Å². The molecule has 1 N–H and O–H groups in total. The molecule has 1 aliphatic heterocycles. The van der Waals surface area contributed by atoms with Crippen molar-refractivity contribution in [3.63, 3.8) is 0 Å². The maximum absolute atomic E-state index is 13.6. The number of carbonyl (C=O) groups is 2. The van der Waals surface area contributed by atoms with Crippen molar-refractivity contribution in [1.29, 1.82) is 0 Å². The number of hydrogen-bond acceptors (Lipinski definition) is 5. The number of ether oxygens (including phenoxy) is 2. The molecule has 0 spiro atoms. The van der Waals surface area contributed by atoms with Crippen molar-refractivity contribution in [3.8, 4) is 0 Å². The van der Waals surface area contributed by atoms with Crippen molar-refractivity contribution < 1.29 is 19.1 Å². The van der Waals surface area contributed by atoms with Crippen LogP contribution in [0.4, 0.5) is 4.79 Å². The normalized spacial score (nSPS) is 24.5. The first-order valence-electron chi connectivity index (χ1n) is 10.1. The number of aliphatic imine (C=N–C) groups is 1. The van der Waals surface area contributed by atoms with E-state index in [0.29, 0.717) is 19.6 Å². The maximum Gasteiger partial charge on any atom is 0.414 e. The van der Waals surface area contributed by atoms with E-state index in [1.807, 2.05) is 45.0 Å². The van der Waals surface area contributed by atoms with Gasteiger partial charge in [-0.25, -0.2) is 9.79 Å². The number of nitrogens with zero attached hydrogens (tertiary/aromatic N) is 2. The molecule has 1 aromatic carbocycles. The minimum atomic E-state index is -0.929. The van der Waals surface area contributed by atoms with Gasteiger partial charge >= 0.3 is 6.09 Å². The van der Waals surface area contributed by atoms with E-state index >= 15 is 0 Å². The summed E-state index contributed by atoms with van der Waals surface area (Å²) in [6.07, 6.45) is -0.175. The Kier molecular flexibility index (Phi) is 7.35. The number of carbonyl (C=O) groups excluding carboxylic acids is 2. The van der Waals surface area contributed by atoms with Gasteiger partial charge in [-0.1, -0.05) is 28.1 Å². The molecule has 0 aliphatic carbocycles. The number of nitrogens with one attached hydrogen (secondary N) is 1. The fourth-order valence-corrected chi connectivity index (χ4v) is 3.94. The molecule has 1 aliphatic rings. The predicted octanol–water partition coefficient (Wildman–Crippen LogP) is 4.45. The van der Waals surface area contributed by atoms with Gasteiger partial charge in [0.2, 0.25) is 11.9 Å². The summed E-state index contributed by atoms with van der Waals surface area (Å²) in [6.45, 7) is 12.1. The Morgan fingerprint density at radius 1 is 1.30 bits per heavy atom. The summed E-state index contributed by atoms with van der Waals surface area (Å²) in [6, 6.07) is 7.72. The molecule has 0 saturated carbocycles. The van der Waals surface area contributed by atoms with Crippen LogP contribution in [0.25, 0.3) is 0 Å². The molecule has 2 rings (SSSR count). The van der Waals surface area contributed by atoms with Crippen LogP contribution in [-0.2, 0) is 19.8 Å². The number of guanidine groups is 1. The molecule has 2 amide bonds. The standard InChI is InChI=1S/C22H32BrN3O4/c1-8-29-13-12-21(5)17(27)26(7)18(24-19(28)30-20(2,3)4)25-22(21,6)15-10-9-11-16(23)14-15/h9-11,14H,8,12-13H2,1-7H3,(H,24,25,28). The molecule has 2 unspecified atom stereocenters. The summed E-state index contributed by atoms with van der Waals surface area (Å²) >= 11 is 3.51. The maximum atomic E-state index is 13.6. The average Bonchev–Trinajstić information content (AvgIpc) is 2.63. The molecule has 0 fully saturated rings. The van der Waals surface area contributed by atoms with Crippen molar-refractivity contribution in [2.75, 3.05) is 20.3 Å². The predicted molar refractivity (Wildman–Crippen MR) is 120 cm³/mol. The monoisotopic (exact) mass is 481 g/mol. The smallest absolute Gasteiger partial charge is 0.414 e. The highest BCUT2D eigenvalue weighted by Gasteiger charge is 2.56. The molecule has 0 aromatic heterocycles. The third-order valence-corrected chi connectivity index (χ3v) is 5.94. The van der Waals surface area contributed by atoms with Gasteiger partial charge in [0.25, 0.3) is 0 Å². The van der Waals surface area contributed by atoms with Crippen molar-refractivity contribution in [1.82, 2.24) is 10.2 Å². The molecular formula is C22H32BrN3O4. The highest BCUT2D eigenvalue weighted by molar-refractivity contribution is 9.10. The Morgan fingerprint density at radius 2 is 1.97 bits per heavy atom. The topological polar surface area (TPSA) is 80.2 Å². The van der Waals surface area contributed by atoms with Crippen molar-refractivity contribution >= 4 is 33.9 Å². The van der Waals surface area contributed by atoms with Crippen LogP contribution >= 0.6 is 15.9 Å². The van der Waals surface area contributed by atoms with Crippen LogP contribution in [-0.4, -0.2) is 48.7 Å². The van der Waals surface area contributed by atoms with E-state index in [9.17, 15) is 9.59 Å². The summed E-state index contributed by atoms with van der Waals surface area (Å²) in [4.78, 5) is 32.2. The fourth-order valence-electron chi connectivity index (χ4n) is 3.54. The van der Waals surface area contributed by atoms with E-state index in [-0.39, 0.29) is 11.9 Å². The van der Waals surface area contributed by atoms with Crippen LogP contribution in [0.15, 0.2) is 33.7 Å². The Hall–Kier alpha value is -1.93. The van der Waals surface area contributed by atoms with Gasteiger partial charge < -0.3 is 9.47 Å². The van der Waals surface area contributed by atoms with Crippen LogP contribution in [0.5, 0.6) is 0 Å². The molecule has 0 saturated heterocycles. The van der Waals surface area contributed by atoms with E-state index in [2.05, 4.69) is 21.2 Å². The van der Waals surface area contributed by atoms with Crippen molar-refractivity contribution in [2.45, 2.75) is 59.1 Å². The molecule has 7 nitrogen and oxygen atoms in total. The molecular weight excluding hydrogens is 450 g/mol. The molecule has 8 heteroatoms. The first-order chi connectivity index (χ1) is 13.8. The van der Waals surface area contributed by atoms with E-state index in [4.69, 9.17) is 14.5 Å². The SMILES string of the molecule is CCOCCC1(C)C(=O)N(C)C(NC(=O)OC(C)(C)C)=NC1(C)c1cccc(Br)c1.